The largest absolute Gasteiger partial charge is 0.496 e. The quantitative estimate of drug-likeness (QED) is 0.833. The number of carbonyl (C=O) groups is 1. The summed E-state index contributed by atoms with van der Waals surface area (Å²) in [5, 5.41) is 9.26. The third-order valence-electron chi connectivity index (χ3n) is 3.90. The topological polar surface area (TPSA) is 59.0 Å². The van der Waals surface area contributed by atoms with Crippen LogP contribution in [0.4, 0.5) is 0 Å². The molecule has 1 aliphatic heterocycles. The number of nitrogens with zero attached hydrogens (tertiary/aromatic N) is 1. The molecule has 5 heteroatoms. The molecule has 21 heavy (non-hydrogen) atoms. The van der Waals surface area contributed by atoms with E-state index in [0.29, 0.717) is 25.3 Å². The molecule has 0 saturated carbocycles. The predicted octanol–water partition coefficient (Wildman–Crippen LogP) is 1.48. The highest BCUT2D eigenvalue weighted by Gasteiger charge is 2.26. The molecule has 0 radical (unpaired) electrons. The Morgan fingerprint density at radius 2 is 2.29 bits per heavy atom. The number of hydrogen-bond acceptors (Lipinski definition) is 5. The Balaban J connectivity index is 2.20. The molecular weight excluding hydrogens is 270 g/mol. The molecule has 2 rings (SSSR count). The molecule has 0 bridgehead atoms. The zero-order valence-electron chi connectivity index (χ0n) is 12.8. The van der Waals surface area contributed by atoms with Gasteiger partial charge in [0.25, 0.3) is 0 Å². The zero-order valence-corrected chi connectivity index (χ0v) is 12.8. The Morgan fingerprint density at radius 3 is 2.90 bits per heavy atom. The maximum absolute atomic E-state index is 11.5. The van der Waals surface area contributed by atoms with Crippen LogP contribution in [-0.4, -0.2) is 54.8 Å². The number of benzene rings is 1. The van der Waals surface area contributed by atoms with Crippen molar-refractivity contribution >= 4 is 5.78 Å². The van der Waals surface area contributed by atoms with Crippen molar-refractivity contribution in [2.75, 3.05) is 26.9 Å². The number of morpholine rings is 1. The second kappa shape index (κ2) is 7.02. The molecule has 0 amide bonds. The molecule has 1 aliphatic rings. The number of Topliss-reactive ketones (excluding diaryl/α,β-unsaturated/α-hetero) is 1. The fourth-order valence-corrected chi connectivity index (χ4v) is 2.55. The maximum atomic E-state index is 11.5. The van der Waals surface area contributed by atoms with E-state index < -0.39 is 0 Å². The van der Waals surface area contributed by atoms with E-state index in [2.05, 4.69) is 11.8 Å². The van der Waals surface area contributed by atoms with Crippen LogP contribution in [0.1, 0.15) is 29.8 Å². The number of carbonyl (C=O) groups excluding carboxylic acids is 1. The highest BCUT2D eigenvalue weighted by molar-refractivity contribution is 5.94. The fourth-order valence-electron chi connectivity index (χ4n) is 2.55. The molecule has 1 heterocycles. The molecule has 1 aromatic rings. The Morgan fingerprint density at radius 1 is 1.52 bits per heavy atom. The van der Waals surface area contributed by atoms with Crippen molar-refractivity contribution in [1.29, 1.82) is 0 Å². The van der Waals surface area contributed by atoms with E-state index in [1.807, 2.05) is 12.1 Å². The molecule has 5 nitrogen and oxygen atoms in total. The summed E-state index contributed by atoms with van der Waals surface area (Å²) >= 11 is 0. The fraction of sp³-hybridized carbons (Fsp3) is 0.562. The van der Waals surface area contributed by atoms with Crippen LogP contribution < -0.4 is 4.74 Å². The Kier molecular flexibility index (Phi) is 5.33. The normalized spacial score (nSPS) is 23.0. The summed E-state index contributed by atoms with van der Waals surface area (Å²) in [6, 6.07) is 5.76. The molecule has 2 atom stereocenters. The lowest BCUT2D eigenvalue weighted by Crippen LogP contribution is -2.48. The molecular formula is C16H23NO4. The van der Waals surface area contributed by atoms with Gasteiger partial charge in [0, 0.05) is 30.3 Å². The van der Waals surface area contributed by atoms with Gasteiger partial charge in [-0.25, -0.2) is 0 Å². The van der Waals surface area contributed by atoms with Gasteiger partial charge in [0.1, 0.15) is 5.75 Å². The molecule has 1 saturated heterocycles. The van der Waals surface area contributed by atoms with Crippen molar-refractivity contribution in [1.82, 2.24) is 4.90 Å². The van der Waals surface area contributed by atoms with E-state index >= 15 is 0 Å². The highest BCUT2D eigenvalue weighted by Crippen LogP contribution is 2.24. The van der Waals surface area contributed by atoms with Crippen LogP contribution in [0.15, 0.2) is 18.2 Å². The van der Waals surface area contributed by atoms with Crippen molar-refractivity contribution < 1.29 is 19.4 Å². The first-order chi connectivity index (χ1) is 10.0. The summed E-state index contributed by atoms with van der Waals surface area (Å²) in [4.78, 5) is 13.8. The van der Waals surface area contributed by atoms with E-state index in [9.17, 15) is 9.90 Å². The van der Waals surface area contributed by atoms with E-state index in [0.717, 1.165) is 11.3 Å². The van der Waals surface area contributed by atoms with Gasteiger partial charge in [-0.2, -0.15) is 0 Å². The predicted molar refractivity (Wildman–Crippen MR) is 79.7 cm³/mol. The van der Waals surface area contributed by atoms with Gasteiger partial charge in [0.05, 0.1) is 26.4 Å². The summed E-state index contributed by atoms with van der Waals surface area (Å²) in [5.74, 6) is 0.821. The van der Waals surface area contributed by atoms with Crippen LogP contribution in [0.2, 0.25) is 0 Å². The zero-order chi connectivity index (χ0) is 15.4. The minimum absolute atomic E-state index is 0.0217. The molecule has 1 fully saturated rings. The van der Waals surface area contributed by atoms with E-state index in [-0.39, 0.29) is 24.5 Å². The molecule has 0 spiro atoms. The summed E-state index contributed by atoms with van der Waals surface area (Å²) in [7, 11) is 1.63. The van der Waals surface area contributed by atoms with Crippen molar-refractivity contribution in [3.05, 3.63) is 29.3 Å². The number of aliphatic hydroxyl groups excluding tert-OH is 1. The third-order valence-corrected chi connectivity index (χ3v) is 3.90. The van der Waals surface area contributed by atoms with Gasteiger partial charge >= 0.3 is 0 Å². The maximum Gasteiger partial charge on any atom is 0.159 e. The first kappa shape index (κ1) is 15.9. The van der Waals surface area contributed by atoms with Crippen molar-refractivity contribution in [2.45, 2.75) is 32.5 Å². The van der Waals surface area contributed by atoms with Gasteiger partial charge < -0.3 is 14.6 Å². The summed E-state index contributed by atoms with van der Waals surface area (Å²) in [5.41, 5.74) is 1.67. The van der Waals surface area contributed by atoms with Crippen LogP contribution >= 0.6 is 0 Å². The lowest BCUT2D eigenvalue weighted by Gasteiger charge is -2.37. The van der Waals surface area contributed by atoms with Gasteiger partial charge in [0.15, 0.2) is 5.78 Å². The second-order valence-corrected chi connectivity index (χ2v) is 5.50. The number of hydrogen-bond donors (Lipinski definition) is 1. The minimum atomic E-state index is -0.150. The number of ether oxygens (including phenoxy) is 2. The van der Waals surface area contributed by atoms with Crippen molar-refractivity contribution in [3.63, 3.8) is 0 Å². The van der Waals surface area contributed by atoms with E-state index in [1.54, 1.807) is 20.1 Å². The van der Waals surface area contributed by atoms with E-state index in [1.165, 1.54) is 0 Å². The average Bonchev–Trinajstić information content (AvgIpc) is 2.49. The van der Waals surface area contributed by atoms with Gasteiger partial charge in [-0.1, -0.05) is 0 Å². The molecule has 116 valence electrons. The summed E-state index contributed by atoms with van der Waals surface area (Å²) in [6.07, 6.45) is -0.150. The second-order valence-electron chi connectivity index (χ2n) is 5.50. The van der Waals surface area contributed by atoms with Crippen LogP contribution in [0, 0.1) is 0 Å². The van der Waals surface area contributed by atoms with E-state index in [4.69, 9.17) is 9.47 Å². The highest BCUT2D eigenvalue weighted by atomic mass is 16.5. The number of ketones is 1. The summed E-state index contributed by atoms with van der Waals surface area (Å²) < 4.78 is 10.9. The smallest absolute Gasteiger partial charge is 0.159 e. The number of aliphatic hydroxyl groups is 1. The molecule has 1 aromatic carbocycles. The van der Waals surface area contributed by atoms with Crippen LogP contribution in [0.25, 0.3) is 0 Å². The lowest BCUT2D eigenvalue weighted by molar-refractivity contribution is -0.0806. The van der Waals surface area contributed by atoms with Gasteiger partial charge in [-0.15, -0.1) is 0 Å². The number of methoxy groups -OCH3 is 1. The monoisotopic (exact) mass is 293 g/mol. The van der Waals surface area contributed by atoms with Gasteiger partial charge in [-0.3, -0.25) is 9.69 Å². The Hall–Kier alpha value is -1.43. The first-order valence-electron chi connectivity index (χ1n) is 7.19. The molecule has 1 N–H and O–H groups in total. The summed E-state index contributed by atoms with van der Waals surface area (Å²) in [6.45, 7) is 5.61. The average molecular weight is 293 g/mol. The molecule has 2 unspecified atom stereocenters. The lowest BCUT2D eigenvalue weighted by atomic mass is 10.0. The number of rotatable bonds is 5. The van der Waals surface area contributed by atoms with Gasteiger partial charge in [-0.05, 0) is 32.0 Å². The standard InChI is InChI=1S/C16H23NO4/c1-11-10-21-15(9-18)8-17(11)7-14-6-13(12(2)19)4-5-16(14)20-3/h4-6,11,15,18H,7-10H2,1-3H3. The Bertz CT molecular complexity index is 503. The Labute approximate surface area is 125 Å². The van der Waals surface area contributed by atoms with Gasteiger partial charge in [0.2, 0.25) is 0 Å². The van der Waals surface area contributed by atoms with Crippen LogP contribution in [-0.2, 0) is 11.3 Å². The van der Waals surface area contributed by atoms with Crippen molar-refractivity contribution in [2.24, 2.45) is 0 Å². The SMILES string of the molecule is COc1ccc(C(C)=O)cc1CN1CC(CO)OCC1C. The van der Waals surface area contributed by atoms with Crippen LogP contribution in [0.3, 0.4) is 0 Å². The molecule has 0 aromatic heterocycles. The molecule has 0 aliphatic carbocycles. The third kappa shape index (κ3) is 3.81. The minimum Gasteiger partial charge on any atom is -0.496 e. The first-order valence-corrected chi connectivity index (χ1v) is 7.19. The van der Waals surface area contributed by atoms with Crippen molar-refractivity contribution in [3.8, 4) is 5.75 Å². The van der Waals surface area contributed by atoms with Crippen LogP contribution in [0.5, 0.6) is 5.75 Å².